The van der Waals surface area contributed by atoms with Gasteiger partial charge in [0.05, 0.1) is 0 Å². The van der Waals surface area contributed by atoms with Gasteiger partial charge < -0.3 is 20.3 Å². The van der Waals surface area contributed by atoms with Crippen LogP contribution in [0.3, 0.4) is 0 Å². The Bertz CT molecular complexity index is 629. The van der Waals surface area contributed by atoms with Crippen LogP contribution in [0.15, 0.2) is 34.9 Å². The lowest BCUT2D eigenvalue weighted by Crippen LogP contribution is -2.32. The van der Waals surface area contributed by atoms with Crippen molar-refractivity contribution in [3.8, 4) is 11.3 Å². The van der Waals surface area contributed by atoms with Gasteiger partial charge in [0.25, 0.3) is 0 Å². The maximum Gasteiger partial charge on any atom is 0.407 e. The molecule has 2 rings (SSSR count). The van der Waals surface area contributed by atoms with Crippen LogP contribution in [-0.2, 0) is 11.3 Å². The number of anilines is 1. The van der Waals surface area contributed by atoms with Crippen LogP contribution < -0.4 is 11.1 Å². The standard InChI is InChI=1S/C15H19N3O3/c1-15(2,3)20-14(19)17-9-10-5-4-6-11(7-10)12-8-13(16)21-18-12/h4-8H,9,16H2,1-3H3,(H,17,19). The molecule has 21 heavy (non-hydrogen) atoms. The average Bonchev–Trinajstić information content (AvgIpc) is 2.82. The van der Waals surface area contributed by atoms with Crippen molar-refractivity contribution in [2.45, 2.75) is 32.9 Å². The molecule has 6 nitrogen and oxygen atoms in total. The zero-order chi connectivity index (χ0) is 15.5. The molecule has 0 bridgehead atoms. The third kappa shape index (κ3) is 4.52. The average molecular weight is 289 g/mol. The molecule has 2 aromatic rings. The summed E-state index contributed by atoms with van der Waals surface area (Å²) in [5, 5.41) is 6.57. The van der Waals surface area contributed by atoms with Gasteiger partial charge in [0.15, 0.2) is 0 Å². The number of amides is 1. The molecule has 0 aliphatic rings. The van der Waals surface area contributed by atoms with Gasteiger partial charge in [-0.25, -0.2) is 4.79 Å². The number of nitrogens with two attached hydrogens (primary N) is 1. The first-order valence-electron chi connectivity index (χ1n) is 6.62. The number of carbonyl (C=O) groups is 1. The van der Waals surface area contributed by atoms with Crippen molar-refractivity contribution in [3.63, 3.8) is 0 Å². The predicted octanol–water partition coefficient (Wildman–Crippen LogP) is 2.95. The summed E-state index contributed by atoms with van der Waals surface area (Å²) in [6.07, 6.45) is -0.446. The number of benzene rings is 1. The second-order valence-corrected chi connectivity index (χ2v) is 5.67. The molecular formula is C15H19N3O3. The van der Waals surface area contributed by atoms with Crippen LogP contribution in [0, 0.1) is 0 Å². The summed E-state index contributed by atoms with van der Waals surface area (Å²) in [4.78, 5) is 11.6. The van der Waals surface area contributed by atoms with E-state index in [4.69, 9.17) is 15.0 Å². The molecule has 6 heteroatoms. The van der Waals surface area contributed by atoms with E-state index in [0.717, 1.165) is 11.1 Å². The van der Waals surface area contributed by atoms with Crippen LogP contribution in [0.1, 0.15) is 26.3 Å². The van der Waals surface area contributed by atoms with E-state index in [-0.39, 0.29) is 5.88 Å². The lowest BCUT2D eigenvalue weighted by molar-refractivity contribution is 0.0523. The fourth-order valence-corrected chi connectivity index (χ4v) is 1.75. The molecule has 1 aromatic heterocycles. The Balaban J connectivity index is 2.00. The van der Waals surface area contributed by atoms with Crippen LogP contribution in [0.5, 0.6) is 0 Å². The first-order valence-corrected chi connectivity index (χ1v) is 6.62. The summed E-state index contributed by atoms with van der Waals surface area (Å²) in [7, 11) is 0. The summed E-state index contributed by atoms with van der Waals surface area (Å²) in [5.74, 6) is 0.266. The van der Waals surface area contributed by atoms with Crippen LogP contribution in [-0.4, -0.2) is 16.9 Å². The number of nitrogens with one attached hydrogen (secondary N) is 1. The topological polar surface area (TPSA) is 90.4 Å². The normalized spacial score (nSPS) is 11.2. The number of ether oxygens (including phenoxy) is 1. The van der Waals surface area contributed by atoms with Crippen LogP contribution in [0.4, 0.5) is 10.7 Å². The van der Waals surface area contributed by atoms with Gasteiger partial charge in [-0.1, -0.05) is 23.4 Å². The fourth-order valence-electron chi connectivity index (χ4n) is 1.75. The number of alkyl carbamates (subject to hydrolysis) is 1. The highest BCUT2D eigenvalue weighted by Crippen LogP contribution is 2.21. The molecule has 0 atom stereocenters. The molecule has 1 heterocycles. The molecule has 0 aliphatic heterocycles. The number of nitrogens with zero attached hydrogens (tertiary/aromatic N) is 1. The van der Waals surface area contributed by atoms with Gasteiger partial charge >= 0.3 is 6.09 Å². The Morgan fingerprint density at radius 2 is 2.14 bits per heavy atom. The van der Waals surface area contributed by atoms with Gasteiger partial charge in [-0.05, 0) is 32.4 Å². The van der Waals surface area contributed by atoms with Crippen molar-refractivity contribution in [1.82, 2.24) is 10.5 Å². The zero-order valence-corrected chi connectivity index (χ0v) is 12.3. The molecule has 0 unspecified atom stereocenters. The minimum absolute atomic E-state index is 0.266. The Hall–Kier alpha value is -2.50. The van der Waals surface area contributed by atoms with Crippen molar-refractivity contribution in [1.29, 1.82) is 0 Å². The molecule has 0 fully saturated rings. The van der Waals surface area contributed by atoms with E-state index >= 15 is 0 Å². The van der Waals surface area contributed by atoms with E-state index in [1.54, 1.807) is 6.07 Å². The Morgan fingerprint density at radius 1 is 1.38 bits per heavy atom. The number of carbonyl (C=O) groups excluding carboxylic acids is 1. The highest BCUT2D eigenvalue weighted by molar-refractivity contribution is 5.68. The highest BCUT2D eigenvalue weighted by Gasteiger charge is 2.15. The lowest BCUT2D eigenvalue weighted by Gasteiger charge is -2.19. The maximum absolute atomic E-state index is 11.6. The Labute approximate surface area is 123 Å². The van der Waals surface area contributed by atoms with E-state index < -0.39 is 11.7 Å². The van der Waals surface area contributed by atoms with Gasteiger partial charge in [0.1, 0.15) is 11.3 Å². The first kappa shape index (κ1) is 14.9. The molecule has 0 saturated heterocycles. The molecular weight excluding hydrogens is 270 g/mol. The van der Waals surface area contributed by atoms with Gasteiger partial charge in [-0.2, -0.15) is 0 Å². The van der Waals surface area contributed by atoms with Crippen molar-refractivity contribution < 1.29 is 14.1 Å². The second kappa shape index (κ2) is 5.87. The van der Waals surface area contributed by atoms with Gasteiger partial charge in [-0.15, -0.1) is 0 Å². The first-order chi connectivity index (χ1) is 9.83. The number of aromatic nitrogens is 1. The molecule has 0 radical (unpaired) electrons. The number of nitrogen functional groups attached to an aromatic ring is 1. The predicted molar refractivity (Wildman–Crippen MR) is 79.4 cm³/mol. The third-order valence-electron chi connectivity index (χ3n) is 2.59. The molecule has 3 N–H and O–H groups in total. The van der Waals surface area contributed by atoms with Crippen LogP contribution in [0.2, 0.25) is 0 Å². The van der Waals surface area contributed by atoms with Gasteiger partial charge in [0.2, 0.25) is 5.88 Å². The maximum atomic E-state index is 11.6. The van der Waals surface area contributed by atoms with E-state index in [1.807, 2.05) is 45.0 Å². The van der Waals surface area contributed by atoms with Crippen LogP contribution >= 0.6 is 0 Å². The quantitative estimate of drug-likeness (QED) is 0.906. The largest absolute Gasteiger partial charge is 0.444 e. The molecule has 0 saturated carbocycles. The second-order valence-electron chi connectivity index (χ2n) is 5.67. The van der Waals surface area contributed by atoms with Crippen molar-refractivity contribution in [2.24, 2.45) is 0 Å². The van der Waals surface area contributed by atoms with E-state index in [2.05, 4.69) is 10.5 Å². The summed E-state index contributed by atoms with van der Waals surface area (Å²) < 4.78 is 10.0. The van der Waals surface area contributed by atoms with Crippen molar-refractivity contribution >= 4 is 12.0 Å². The van der Waals surface area contributed by atoms with Crippen molar-refractivity contribution in [3.05, 3.63) is 35.9 Å². The third-order valence-corrected chi connectivity index (χ3v) is 2.59. The minimum atomic E-state index is -0.510. The monoisotopic (exact) mass is 289 g/mol. The number of rotatable bonds is 3. The SMILES string of the molecule is CC(C)(C)OC(=O)NCc1cccc(-c2cc(N)on2)c1. The van der Waals surface area contributed by atoms with E-state index in [1.165, 1.54) is 0 Å². The summed E-state index contributed by atoms with van der Waals surface area (Å²) in [6, 6.07) is 9.25. The fraction of sp³-hybridized carbons (Fsp3) is 0.333. The molecule has 1 amide bonds. The smallest absolute Gasteiger partial charge is 0.407 e. The molecule has 0 spiro atoms. The minimum Gasteiger partial charge on any atom is -0.444 e. The van der Waals surface area contributed by atoms with Gasteiger partial charge in [-0.3, -0.25) is 0 Å². The van der Waals surface area contributed by atoms with E-state index in [0.29, 0.717) is 12.2 Å². The molecule has 112 valence electrons. The number of hydrogen-bond acceptors (Lipinski definition) is 5. The highest BCUT2D eigenvalue weighted by atomic mass is 16.6. The van der Waals surface area contributed by atoms with E-state index in [9.17, 15) is 4.79 Å². The van der Waals surface area contributed by atoms with Crippen LogP contribution in [0.25, 0.3) is 11.3 Å². The van der Waals surface area contributed by atoms with Gasteiger partial charge in [0, 0.05) is 18.2 Å². The van der Waals surface area contributed by atoms with Crippen molar-refractivity contribution in [2.75, 3.05) is 5.73 Å². The molecule has 0 aliphatic carbocycles. The summed E-state index contributed by atoms with van der Waals surface area (Å²) >= 11 is 0. The summed E-state index contributed by atoms with van der Waals surface area (Å²) in [6.45, 7) is 5.84. The summed E-state index contributed by atoms with van der Waals surface area (Å²) in [5.41, 5.74) is 7.46. The zero-order valence-electron chi connectivity index (χ0n) is 12.3. The molecule has 1 aromatic carbocycles. The Morgan fingerprint density at radius 3 is 2.76 bits per heavy atom. The lowest BCUT2D eigenvalue weighted by atomic mass is 10.1. The number of hydrogen-bond donors (Lipinski definition) is 2. The Kier molecular flexibility index (Phi) is 4.16.